The SMILES string of the molecule is O=c1ccn2c3c(cccc13)CC2. The minimum Gasteiger partial charge on any atom is -0.347 e. The topological polar surface area (TPSA) is 22.0 Å². The average Bonchev–Trinajstić information content (AvgIpc) is 2.57. The molecule has 1 aliphatic rings. The minimum absolute atomic E-state index is 0.134. The van der Waals surface area contributed by atoms with Crippen LogP contribution in [0.5, 0.6) is 0 Å². The molecule has 2 heterocycles. The molecule has 0 spiro atoms. The molecule has 2 heteroatoms. The molecule has 64 valence electrons. The molecular formula is C11H9NO. The predicted molar refractivity (Wildman–Crippen MR) is 51.9 cm³/mol. The molecule has 1 aromatic heterocycles. The second-order valence-corrected chi connectivity index (χ2v) is 3.44. The number of nitrogens with zero attached hydrogens (tertiary/aromatic N) is 1. The van der Waals surface area contributed by atoms with Crippen molar-refractivity contribution in [3.63, 3.8) is 0 Å². The van der Waals surface area contributed by atoms with Gasteiger partial charge in [-0.3, -0.25) is 4.79 Å². The Morgan fingerprint density at radius 2 is 2.15 bits per heavy atom. The van der Waals surface area contributed by atoms with E-state index in [1.54, 1.807) is 6.07 Å². The van der Waals surface area contributed by atoms with Crippen LogP contribution >= 0.6 is 0 Å². The number of hydrogen-bond acceptors (Lipinski definition) is 1. The van der Waals surface area contributed by atoms with Crippen molar-refractivity contribution in [1.82, 2.24) is 4.57 Å². The summed E-state index contributed by atoms with van der Waals surface area (Å²) in [4.78, 5) is 11.5. The zero-order valence-corrected chi connectivity index (χ0v) is 7.16. The molecule has 1 aromatic carbocycles. The normalized spacial score (nSPS) is 13.8. The first-order valence-corrected chi connectivity index (χ1v) is 4.47. The summed E-state index contributed by atoms with van der Waals surface area (Å²) in [5.41, 5.74) is 2.57. The van der Waals surface area contributed by atoms with Crippen LogP contribution in [0.25, 0.3) is 10.9 Å². The Morgan fingerprint density at radius 3 is 3.08 bits per heavy atom. The van der Waals surface area contributed by atoms with Crippen LogP contribution in [0.4, 0.5) is 0 Å². The summed E-state index contributed by atoms with van der Waals surface area (Å²) in [6.45, 7) is 1.01. The van der Waals surface area contributed by atoms with Gasteiger partial charge in [0.05, 0.1) is 5.52 Å². The standard InChI is InChI=1S/C11H9NO/c13-10-5-7-12-6-4-8-2-1-3-9(10)11(8)12/h1-3,5,7H,4,6H2. The van der Waals surface area contributed by atoms with Crippen molar-refractivity contribution >= 4 is 10.9 Å². The Kier molecular flexibility index (Phi) is 1.18. The summed E-state index contributed by atoms with van der Waals surface area (Å²) >= 11 is 0. The molecule has 2 nitrogen and oxygen atoms in total. The maximum Gasteiger partial charge on any atom is 0.189 e. The van der Waals surface area contributed by atoms with E-state index in [4.69, 9.17) is 0 Å². The summed E-state index contributed by atoms with van der Waals surface area (Å²) in [7, 11) is 0. The third-order valence-corrected chi connectivity index (χ3v) is 2.70. The van der Waals surface area contributed by atoms with Crippen LogP contribution in [0, 0.1) is 0 Å². The zero-order chi connectivity index (χ0) is 8.84. The Labute approximate surface area is 75.4 Å². The summed E-state index contributed by atoms with van der Waals surface area (Å²) in [6, 6.07) is 7.63. The number of aryl methyl sites for hydroxylation is 2. The molecule has 0 atom stereocenters. The average molecular weight is 171 g/mol. The molecule has 0 bridgehead atoms. The van der Waals surface area contributed by atoms with Crippen LogP contribution in [0.2, 0.25) is 0 Å². The van der Waals surface area contributed by atoms with E-state index in [2.05, 4.69) is 10.6 Å². The van der Waals surface area contributed by atoms with Gasteiger partial charge in [-0.15, -0.1) is 0 Å². The highest BCUT2D eigenvalue weighted by Gasteiger charge is 2.12. The van der Waals surface area contributed by atoms with Crippen molar-refractivity contribution in [2.24, 2.45) is 0 Å². The lowest BCUT2D eigenvalue weighted by atomic mass is 10.1. The maximum absolute atomic E-state index is 11.5. The van der Waals surface area contributed by atoms with Crippen molar-refractivity contribution in [2.45, 2.75) is 13.0 Å². The lowest BCUT2D eigenvalue weighted by molar-refractivity contribution is 0.765. The van der Waals surface area contributed by atoms with E-state index in [9.17, 15) is 4.79 Å². The molecular weight excluding hydrogens is 162 g/mol. The molecule has 0 aliphatic carbocycles. The Bertz CT molecular complexity index is 529. The molecule has 0 fully saturated rings. The van der Waals surface area contributed by atoms with Crippen LogP contribution < -0.4 is 5.43 Å². The third-order valence-electron chi connectivity index (χ3n) is 2.70. The number of pyridine rings is 1. The Balaban J connectivity index is 2.65. The van der Waals surface area contributed by atoms with Crippen molar-refractivity contribution in [2.75, 3.05) is 0 Å². The molecule has 0 saturated carbocycles. The Hall–Kier alpha value is -1.57. The van der Waals surface area contributed by atoms with Crippen LogP contribution in [-0.4, -0.2) is 4.57 Å². The molecule has 3 rings (SSSR count). The van der Waals surface area contributed by atoms with E-state index in [0.29, 0.717) is 0 Å². The van der Waals surface area contributed by atoms with E-state index >= 15 is 0 Å². The molecule has 0 N–H and O–H groups in total. The van der Waals surface area contributed by atoms with E-state index < -0.39 is 0 Å². The largest absolute Gasteiger partial charge is 0.347 e. The van der Waals surface area contributed by atoms with Gasteiger partial charge in [-0.1, -0.05) is 12.1 Å². The van der Waals surface area contributed by atoms with Gasteiger partial charge in [-0.05, 0) is 18.1 Å². The van der Waals surface area contributed by atoms with Crippen molar-refractivity contribution in [3.8, 4) is 0 Å². The fraction of sp³-hybridized carbons (Fsp3) is 0.182. The van der Waals surface area contributed by atoms with Gasteiger partial charge in [-0.2, -0.15) is 0 Å². The summed E-state index contributed by atoms with van der Waals surface area (Å²) < 4.78 is 2.16. The van der Waals surface area contributed by atoms with Gasteiger partial charge in [0.25, 0.3) is 0 Å². The van der Waals surface area contributed by atoms with Crippen molar-refractivity contribution in [1.29, 1.82) is 0 Å². The van der Waals surface area contributed by atoms with E-state index in [1.165, 1.54) is 5.56 Å². The fourth-order valence-electron chi connectivity index (χ4n) is 2.08. The van der Waals surface area contributed by atoms with Gasteiger partial charge in [0.15, 0.2) is 5.43 Å². The molecule has 2 aromatic rings. The quantitative estimate of drug-likeness (QED) is 0.589. The molecule has 1 aliphatic heterocycles. The highest BCUT2D eigenvalue weighted by Crippen LogP contribution is 2.22. The number of hydrogen-bond donors (Lipinski definition) is 0. The summed E-state index contributed by atoms with van der Waals surface area (Å²) in [5.74, 6) is 0. The van der Waals surface area contributed by atoms with Crippen LogP contribution in [0.3, 0.4) is 0 Å². The summed E-state index contributed by atoms with van der Waals surface area (Å²) in [5, 5.41) is 0.859. The van der Waals surface area contributed by atoms with Crippen molar-refractivity contribution < 1.29 is 0 Å². The lowest BCUT2D eigenvalue weighted by Gasteiger charge is -2.01. The number of aromatic nitrogens is 1. The van der Waals surface area contributed by atoms with E-state index in [1.807, 2.05) is 18.3 Å². The van der Waals surface area contributed by atoms with Gasteiger partial charge in [0.1, 0.15) is 0 Å². The lowest BCUT2D eigenvalue weighted by Crippen LogP contribution is -2.04. The predicted octanol–water partition coefficient (Wildman–Crippen LogP) is 1.56. The monoisotopic (exact) mass is 171 g/mol. The second-order valence-electron chi connectivity index (χ2n) is 3.44. The molecule has 0 saturated heterocycles. The van der Waals surface area contributed by atoms with Gasteiger partial charge in [0, 0.05) is 24.2 Å². The first kappa shape index (κ1) is 6.89. The first-order chi connectivity index (χ1) is 6.36. The fourth-order valence-corrected chi connectivity index (χ4v) is 2.08. The molecule has 0 radical (unpaired) electrons. The highest BCUT2D eigenvalue weighted by molar-refractivity contribution is 5.83. The smallest absolute Gasteiger partial charge is 0.189 e. The number of rotatable bonds is 0. The third kappa shape index (κ3) is 0.800. The summed E-state index contributed by atoms with van der Waals surface area (Å²) in [6.07, 6.45) is 2.95. The maximum atomic E-state index is 11.5. The molecule has 0 unspecified atom stereocenters. The van der Waals surface area contributed by atoms with Gasteiger partial charge in [-0.25, -0.2) is 0 Å². The Morgan fingerprint density at radius 1 is 1.23 bits per heavy atom. The van der Waals surface area contributed by atoms with Crippen LogP contribution in [0.15, 0.2) is 35.3 Å². The van der Waals surface area contributed by atoms with Gasteiger partial charge < -0.3 is 4.57 Å². The molecule has 0 amide bonds. The highest BCUT2D eigenvalue weighted by atomic mass is 16.1. The number of benzene rings is 1. The second kappa shape index (κ2) is 2.22. The number of para-hydroxylation sites is 1. The van der Waals surface area contributed by atoms with E-state index in [0.717, 1.165) is 23.9 Å². The zero-order valence-electron chi connectivity index (χ0n) is 7.16. The van der Waals surface area contributed by atoms with Crippen molar-refractivity contribution in [3.05, 3.63) is 46.2 Å². The van der Waals surface area contributed by atoms with Gasteiger partial charge in [0.2, 0.25) is 0 Å². The van der Waals surface area contributed by atoms with Crippen LogP contribution in [-0.2, 0) is 13.0 Å². The molecule has 13 heavy (non-hydrogen) atoms. The minimum atomic E-state index is 0.134. The van der Waals surface area contributed by atoms with Gasteiger partial charge >= 0.3 is 0 Å². The van der Waals surface area contributed by atoms with E-state index in [-0.39, 0.29) is 5.43 Å². The first-order valence-electron chi connectivity index (χ1n) is 4.47. The van der Waals surface area contributed by atoms with Crippen LogP contribution in [0.1, 0.15) is 5.56 Å².